The van der Waals surface area contributed by atoms with E-state index in [2.05, 4.69) is 10.1 Å². The van der Waals surface area contributed by atoms with Gasteiger partial charge in [-0.1, -0.05) is 35.0 Å². The summed E-state index contributed by atoms with van der Waals surface area (Å²) in [6, 6.07) is 14.6. The summed E-state index contributed by atoms with van der Waals surface area (Å²) in [5, 5.41) is 4.63. The molecule has 0 atom stereocenters. The van der Waals surface area contributed by atoms with Crippen LogP contribution < -0.4 is 0 Å². The highest BCUT2D eigenvalue weighted by atomic mass is 35.5. The third kappa shape index (κ3) is 5.00. The molecular weight excluding hydrogens is 421 g/mol. The average molecular weight is 440 g/mol. The molecule has 158 valence electrons. The van der Waals surface area contributed by atoms with Crippen molar-refractivity contribution in [1.82, 2.24) is 15.0 Å². The molecule has 0 N–H and O–H groups in total. The fourth-order valence-corrected chi connectivity index (χ4v) is 3.26. The van der Waals surface area contributed by atoms with Crippen molar-refractivity contribution in [3.05, 3.63) is 94.5 Å². The Bertz CT molecular complexity index is 1190. The maximum atomic E-state index is 13.6. The molecule has 2 aromatic heterocycles. The first-order valence-corrected chi connectivity index (χ1v) is 10.0. The fourth-order valence-electron chi connectivity index (χ4n) is 3.08. The molecule has 0 bridgehead atoms. The summed E-state index contributed by atoms with van der Waals surface area (Å²) in [4.78, 5) is 18.9. The third-order valence-electron chi connectivity index (χ3n) is 4.78. The smallest absolute Gasteiger partial charge is 0.254 e. The van der Waals surface area contributed by atoms with E-state index in [4.69, 9.17) is 20.5 Å². The van der Waals surface area contributed by atoms with Crippen LogP contribution in [0.2, 0.25) is 5.02 Å². The standard InChI is InChI=1S/C23H19ClFN3O3/c1-15-7-8-16(13-20(15)24)22-26-21(31-27-22)9-10-28(14-19-6-3-11-30-19)23(29)17-4-2-5-18(25)12-17/h2-8,11-13H,9-10,14H2,1H3. The number of hydrogen-bond acceptors (Lipinski definition) is 5. The number of furan rings is 1. The molecule has 0 aliphatic carbocycles. The minimum Gasteiger partial charge on any atom is -0.467 e. The molecule has 0 saturated carbocycles. The van der Waals surface area contributed by atoms with Crippen molar-refractivity contribution in [2.75, 3.05) is 6.54 Å². The minimum atomic E-state index is -0.470. The number of amides is 1. The van der Waals surface area contributed by atoms with Crippen molar-refractivity contribution in [2.45, 2.75) is 19.9 Å². The molecule has 0 radical (unpaired) electrons. The third-order valence-corrected chi connectivity index (χ3v) is 5.19. The van der Waals surface area contributed by atoms with Crippen molar-refractivity contribution in [2.24, 2.45) is 0 Å². The zero-order chi connectivity index (χ0) is 21.8. The Balaban J connectivity index is 1.50. The van der Waals surface area contributed by atoms with Crippen LogP contribution in [-0.4, -0.2) is 27.5 Å². The highest BCUT2D eigenvalue weighted by Gasteiger charge is 2.19. The van der Waals surface area contributed by atoms with Crippen LogP contribution in [0.1, 0.15) is 27.6 Å². The predicted octanol–water partition coefficient (Wildman–Crippen LogP) is 5.32. The van der Waals surface area contributed by atoms with Crippen LogP contribution in [-0.2, 0) is 13.0 Å². The van der Waals surface area contributed by atoms with Crippen LogP contribution in [0.15, 0.2) is 69.8 Å². The topological polar surface area (TPSA) is 72.4 Å². The van der Waals surface area contributed by atoms with Crippen LogP contribution in [0.4, 0.5) is 4.39 Å². The van der Waals surface area contributed by atoms with Gasteiger partial charge in [0, 0.05) is 29.1 Å². The lowest BCUT2D eigenvalue weighted by atomic mass is 10.1. The highest BCUT2D eigenvalue weighted by Crippen LogP contribution is 2.23. The summed E-state index contributed by atoms with van der Waals surface area (Å²) < 4.78 is 24.3. The normalized spacial score (nSPS) is 10.9. The largest absolute Gasteiger partial charge is 0.467 e. The van der Waals surface area contributed by atoms with Gasteiger partial charge in [-0.2, -0.15) is 4.98 Å². The molecule has 6 nitrogen and oxygen atoms in total. The molecule has 4 rings (SSSR count). The van der Waals surface area contributed by atoms with Gasteiger partial charge in [0.2, 0.25) is 11.7 Å². The molecule has 0 fully saturated rings. The molecule has 4 aromatic rings. The Morgan fingerprint density at radius 1 is 1.16 bits per heavy atom. The van der Waals surface area contributed by atoms with Crippen LogP contribution in [0.5, 0.6) is 0 Å². The molecule has 0 aliphatic heterocycles. The van der Waals surface area contributed by atoms with E-state index in [1.807, 2.05) is 19.1 Å². The zero-order valence-electron chi connectivity index (χ0n) is 16.7. The molecule has 0 aliphatic rings. The van der Waals surface area contributed by atoms with Crippen molar-refractivity contribution in [1.29, 1.82) is 0 Å². The number of carbonyl (C=O) groups is 1. The number of halogens is 2. The summed E-state index contributed by atoms with van der Waals surface area (Å²) in [5.74, 6) is 0.627. The van der Waals surface area contributed by atoms with E-state index in [0.717, 1.165) is 11.1 Å². The van der Waals surface area contributed by atoms with Crippen molar-refractivity contribution in [3.63, 3.8) is 0 Å². The Morgan fingerprint density at radius 3 is 2.77 bits per heavy atom. The Morgan fingerprint density at radius 2 is 2.03 bits per heavy atom. The summed E-state index contributed by atoms with van der Waals surface area (Å²) in [5.41, 5.74) is 1.96. The van der Waals surface area contributed by atoms with Crippen LogP contribution in [0.25, 0.3) is 11.4 Å². The van der Waals surface area contributed by atoms with Gasteiger partial charge in [0.05, 0.1) is 12.8 Å². The lowest BCUT2D eigenvalue weighted by molar-refractivity contribution is 0.0729. The number of aromatic nitrogens is 2. The Kier molecular flexibility index (Phi) is 6.13. The second-order valence-electron chi connectivity index (χ2n) is 7.04. The first-order chi connectivity index (χ1) is 15.0. The van der Waals surface area contributed by atoms with Gasteiger partial charge in [0.1, 0.15) is 11.6 Å². The summed E-state index contributed by atoms with van der Waals surface area (Å²) >= 11 is 6.18. The maximum absolute atomic E-state index is 13.6. The number of hydrogen-bond donors (Lipinski definition) is 0. The van der Waals surface area contributed by atoms with E-state index in [0.29, 0.717) is 28.9 Å². The zero-order valence-corrected chi connectivity index (χ0v) is 17.5. The van der Waals surface area contributed by atoms with Gasteiger partial charge in [0.25, 0.3) is 5.91 Å². The number of benzene rings is 2. The first-order valence-electron chi connectivity index (χ1n) is 9.66. The van der Waals surface area contributed by atoms with Crippen molar-refractivity contribution in [3.8, 4) is 11.4 Å². The molecule has 1 amide bonds. The van der Waals surface area contributed by atoms with E-state index in [1.54, 1.807) is 29.2 Å². The first kappa shape index (κ1) is 20.8. The number of carbonyl (C=O) groups excluding carboxylic acids is 1. The second-order valence-corrected chi connectivity index (χ2v) is 7.45. The van der Waals surface area contributed by atoms with E-state index >= 15 is 0 Å². The lowest BCUT2D eigenvalue weighted by Gasteiger charge is -2.21. The Labute approximate surface area is 183 Å². The molecule has 0 spiro atoms. The molecule has 2 heterocycles. The minimum absolute atomic E-state index is 0.233. The lowest BCUT2D eigenvalue weighted by Crippen LogP contribution is -2.32. The quantitative estimate of drug-likeness (QED) is 0.390. The van der Waals surface area contributed by atoms with Gasteiger partial charge >= 0.3 is 0 Å². The van der Waals surface area contributed by atoms with Crippen molar-refractivity contribution >= 4 is 17.5 Å². The molecular formula is C23H19ClFN3O3. The van der Waals surface area contributed by atoms with Crippen LogP contribution in [0.3, 0.4) is 0 Å². The maximum Gasteiger partial charge on any atom is 0.254 e. The number of aryl methyl sites for hydroxylation is 1. The SMILES string of the molecule is Cc1ccc(-c2noc(CCN(Cc3ccco3)C(=O)c3cccc(F)c3)n2)cc1Cl. The molecule has 2 aromatic carbocycles. The van der Waals surface area contributed by atoms with Gasteiger partial charge in [-0.25, -0.2) is 4.39 Å². The molecule has 31 heavy (non-hydrogen) atoms. The molecule has 0 saturated heterocycles. The highest BCUT2D eigenvalue weighted by molar-refractivity contribution is 6.31. The number of rotatable bonds is 7. The van der Waals surface area contributed by atoms with Gasteiger partial charge in [-0.15, -0.1) is 0 Å². The molecule has 8 heteroatoms. The molecule has 0 unspecified atom stereocenters. The predicted molar refractivity (Wildman–Crippen MR) is 113 cm³/mol. The number of nitrogens with zero attached hydrogens (tertiary/aromatic N) is 3. The van der Waals surface area contributed by atoms with E-state index in [-0.39, 0.29) is 24.6 Å². The fraction of sp³-hybridized carbons (Fsp3) is 0.174. The van der Waals surface area contributed by atoms with Gasteiger partial charge in [0.15, 0.2) is 0 Å². The van der Waals surface area contributed by atoms with Crippen molar-refractivity contribution < 1.29 is 18.1 Å². The monoisotopic (exact) mass is 439 g/mol. The average Bonchev–Trinajstić information content (AvgIpc) is 3.45. The van der Waals surface area contributed by atoms with E-state index < -0.39 is 5.82 Å². The summed E-state index contributed by atoms with van der Waals surface area (Å²) in [7, 11) is 0. The van der Waals surface area contributed by atoms with E-state index in [1.165, 1.54) is 24.5 Å². The van der Waals surface area contributed by atoms with Gasteiger partial charge in [-0.05, 0) is 48.9 Å². The Hall–Kier alpha value is -3.45. The van der Waals surface area contributed by atoms with Crippen LogP contribution in [0, 0.1) is 12.7 Å². The van der Waals surface area contributed by atoms with Gasteiger partial charge in [-0.3, -0.25) is 4.79 Å². The summed E-state index contributed by atoms with van der Waals surface area (Å²) in [6.07, 6.45) is 1.87. The summed E-state index contributed by atoms with van der Waals surface area (Å²) in [6.45, 7) is 2.43. The van der Waals surface area contributed by atoms with Crippen LogP contribution >= 0.6 is 11.6 Å². The van der Waals surface area contributed by atoms with Gasteiger partial charge < -0.3 is 13.8 Å². The van der Waals surface area contributed by atoms with E-state index in [9.17, 15) is 9.18 Å². The second kappa shape index (κ2) is 9.14.